The molecule has 2 heterocycles. The van der Waals surface area contributed by atoms with Gasteiger partial charge in [0, 0.05) is 51.9 Å². The Morgan fingerprint density at radius 2 is 1.84 bits per heavy atom. The SMILES string of the molecule is CCc1ccc(C(C(=O)N2CCN(C)CC2)N2CCNCC2C)cc1. The summed E-state index contributed by atoms with van der Waals surface area (Å²) in [7, 11) is 2.13. The molecule has 0 radical (unpaired) electrons. The minimum Gasteiger partial charge on any atom is -0.338 e. The first-order valence-corrected chi connectivity index (χ1v) is 9.62. The molecule has 2 fully saturated rings. The minimum atomic E-state index is -0.161. The summed E-state index contributed by atoms with van der Waals surface area (Å²) in [5.41, 5.74) is 2.46. The van der Waals surface area contributed by atoms with Gasteiger partial charge in [0.15, 0.2) is 0 Å². The van der Waals surface area contributed by atoms with Crippen LogP contribution in [0.5, 0.6) is 0 Å². The van der Waals surface area contributed by atoms with E-state index in [1.807, 2.05) is 0 Å². The maximum atomic E-state index is 13.5. The number of aryl methyl sites for hydroxylation is 1. The number of piperazine rings is 2. The molecule has 25 heavy (non-hydrogen) atoms. The van der Waals surface area contributed by atoms with Crippen LogP contribution in [0.3, 0.4) is 0 Å². The number of hydrogen-bond donors (Lipinski definition) is 1. The van der Waals surface area contributed by atoms with Gasteiger partial charge in [-0.05, 0) is 31.5 Å². The molecule has 1 N–H and O–H groups in total. The summed E-state index contributed by atoms with van der Waals surface area (Å²) in [5, 5.41) is 3.44. The van der Waals surface area contributed by atoms with Gasteiger partial charge in [-0.15, -0.1) is 0 Å². The molecule has 2 atom stereocenters. The Morgan fingerprint density at radius 1 is 1.16 bits per heavy atom. The molecule has 3 rings (SSSR count). The Bertz CT molecular complexity index is 566. The van der Waals surface area contributed by atoms with Gasteiger partial charge in [0.1, 0.15) is 6.04 Å². The van der Waals surface area contributed by atoms with Gasteiger partial charge in [0.05, 0.1) is 0 Å². The van der Waals surface area contributed by atoms with E-state index < -0.39 is 0 Å². The summed E-state index contributed by atoms with van der Waals surface area (Å²) in [4.78, 5) is 20.2. The highest BCUT2D eigenvalue weighted by atomic mass is 16.2. The topological polar surface area (TPSA) is 38.8 Å². The van der Waals surface area contributed by atoms with Crippen LogP contribution in [0.4, 0.5) is 0 Å². The van der Waals surface area contributed by atoms with E-state index in [1.165, 1.54) is 5.56 Å². The molecule has 2 saturated heterocycles. The van der Waals surface area contributed by atoms with Gasteiger partial charge >= 0.3 is 0 Å². The molecular weight excluding hydrogens is 312 g/mol. The first-order valence-electron chi connectivity index (χ1n) is 9.62. The van der Waals surface area contributed by atoms with Crippen molar-refractivity contribution in [2.24, 2.45) is 0 Å². The van der Waals surface area contributed by atoms with Crippen molar-refractivity contribution < 1.29 is 4.79 Å². The van der Waals surface area contributed by atoms with Crippen molar-refractivity contribution in [3.63, 3.8) is 0 Å². The molecule has 1 aromatic rings. The van der Waals surface area contributed by atoms with Crippen LogP contribution in [-0.2, 0) is 11.2 Å². The number of likely N-dealkylation sites (N-methyl/N-ethyl adjacent to an activating group) is 1. The molecule has 0 bridgehead atoms. The molecular formula is C20H32N4O. The van der Waals surface area contributed by atoms with Crippen LogP contribution in [0, 0.1) is 0 Å². The summed E-state index contributed by atoms with van der Waals surface area (Å²) in [6, 6.07) is 8.87. The standard InChI is InChI=1S/C20H32N4O/c1-4-17-5-7-18(8-6-17)19(24-10-9-21-15-16(24)2)20(25)23-13-11-22(3)12-14-23/h5-8,16,19,21H,4,9-15H2,1-3H3. The lowest BCUT2D eigenvalue weighted by atomic mass is 9.98. The van der Waals surface area contributed by atoms with Crippen LogP contribution < -0.4 is 5.32 Å². The van der Waals surface area contributed by atoms with Crippen molar-refractivity contribution in [1.82, 2.24) is 20.0 Å². The lowest BCUT2D eigenvalue weighted by Gasteiger charge is -2.42. The Labute approximate surface area is 152 Å². The Kier molecular flexibility index (Phi) is 6.10. The Morgan fingerprint density at radius 3 is 2.44 bits per heavy atom. The second kappa shape index (κ2) is 8.30. The van der Waals surface area contributed by atoms with Crippen LogP contribution in [0.2, 0.25) is 0 Å². The molecule has 2 unspecified atom stereocenters. The molecule has 2 aliphatic rings. The van der Waals surface area contributed by atoms with E-state index in [4.69, 9.17) is 0 Å². The van der Waals surface area contributed by atoms with E-state index >= 15 is 0 Å². The van der Waals surface area contributed by atoms with Crippen LogP contribution in [-0.4, -0.2) is 79.5 Å². The molecule has 5 heteroatoms. The molecule has 0 saturated carbocycles. The zero-order chi connectivity index (χ0) is 17.8. The molecule has 0 aliphatic carbocycles. The zero-order valence-electron chi connectivity index (χ0n) is 15.9. The normalized spacial score (nSPS) is 24.3. The quantitative estimate of drug-likeness (QED) is 0.895. The van der Waals surface area contributed by atoms with Crippen molar-refractivity contribution in [1.29, 1.82) is 0 Å². The third-order valence-electron chi connectivity index (χ3n) is 5.64. The summed E-state index contributed by atoms with van der Waals surface area (Å²) in [6.45, 7) is 10.8. The largest absolute Gasteiger partial charge is 0.338 e. The predicted octanol–water partition coefficient (Wildman–Crippen LogP) is 1.36. The van der Waals surface area contributed by atoms with Gasteiger partial charge in [-0.25, -0.2) is 0 Å². The number of carbonyl (C=O) groups excluding carboxylic acids is 1. The van der Waals surface area contributed by atoms with Gasteiger partial charge in [-0.3, -0.25) is 9.69 Å². The fourth-order valence-electron chi connectivity index (χ4n) is 3.85. The molecule has 0 spiro atoms. The first kappa shape index (κ1) is 18.4. The number of carbonyl (C=O) groups is 1. The lowest BCUT2D eigenvalue weighted by molar-refractivity contribution is -0.140. The highest BCUT2D eigenvalue weighted by molar-refractivity contribution is 5.83. The molecule has 2 aliphatic heterocycles. The van der Waals surface area contributed by atoms with Crippen LogP contribution in [0.25, 0.3) is 0 Å². The van der Waals surface area contributed by atoms with Gasteiger partial charge < -0.3 is 15.1 Å². The zero-order valence-corrected chi connectivity index (χ0v) is 15.9. The van der Waals surface area contributed by atoms with E-state index in [9.17, 15) is 4.79 Å². The van der Waals surface area contributed by atoms with Crippen LogP contribution in [0.1, 0.15) is 31.0 Å². The van der Waals surface area contributed by atoms with E-state index in [0.29, 0.717) is 6.04 Å². The number of benzene rings is 1. The van der Waals surface area contributed by atoms with Crippen molar-refractivity contribution in [3.05, 3.63) is 35.4 Å². The summed E-state index contributed by atoms with van der Waals surface area (Å²) < 4.78 is 0. The van der Waals surface area contributed by atoms with Gasteiger partial charge in [0.25, 0.3) is 0 Å². The fraction of sp³-hybridized carbons (Fsp3) is 0.650. The molecule has 0 aromatic heterocycles. The van der Waals surface area contributed by atoms with E-state index in [0.717, 1.165) is 57.8 Å². The van der Waals surface area contributed by atoms with Gasteiger partial charge in [-0.2, -0.15) is 0 Å². The van der Waals surface area contributed by atoms with Crippen LogP contribution in [0.15, 0.2) is 24.3 Å². The third-order valence-corrected chi connectivity index (χ3v) is 5.64. The monoisotopic (exact) mass is 344 g/mol. The molecule has 1 aromatic carbocycles. The number of amides is 1. The molecule has 138 valence electrons. The van der Waals surface area contributed by atoms with E-state index in [1.54, 1.807) is 0 Å². The highest BCUT2D eigenvalue weighted by Crippen LogP contribution is 2.27. The second-order valence-corrected chi connectivity index (χ2v) is 7.42. The number of nitrogens with one attached hydrogen (secondary N) is 1. The van der Waals surface area contributed by atoms with Crippen molar-refractivity contribution in [3.8, 4) is 0 Å². The molecule has 5 nitrogen and oxygen atoms in total. The second-order valence-electron chi connectivity index (χ2n) is 7.42. The Balaban J connectivity index is 1.86. The number of hydrogen-bond acceptors (Lipinski definition) is 4. The van der Waals surface area contributed by atoms with E-state index in [-0.39, 0.29) is 11.9 Å². The fourth-order valence-corrected chi connectivity index (χ4v) is 3.85. The van der Waals surface area contributed by atoms with Gasteiger partial charge in [-0.1, -0.05) is 31.2 Å². The number of rotatable bonds is 4. The van der Waals surface area contributed by atoms with Crippen molar-refractivity contribution in [2.45, 2.75) is 32.4 Å². The van der Waals surface area contributed by atoms with Gasteiger partial charge in [0.2, 0.25) is 5.91 Å². The highest BCUT2D eigenvalue weighted by Gasteiger charge is 2.35. The average molecular weight is 345 g/mol. The maximum Gasteiger partial charge on any atom is 0.244 e. The predicted molar refractivity (Wildman–Crippen MR) is 102 cm³/mol. The molecule has 1 amide bonds. The van der Waals surface area contributed by atoms with Crippen LogP contribution >= 0.6 is 0 Å². The van der Waals surface area contributed by atoms with Crippen molar-refractivity contribution in [2.75, 3.05) is 52.9 Å². The third kappa shape index (κ3) is 4.22. The Hall–Kier alpha value is -1.43. The minimum absolute atomic E-state index is 0.161. The smallest absolute Gasteiger partial charge is 0.244 e. The average Bonchev–Trinajstić information content (AvgIpc) is 2.64. The first-order chi connectivity index (χ1) is 12.1. The number of nitrogens with zero attached hydrogens (tertiary/aromatic N) is 3. The lowest BCUT2D eigenvalue weighted by Crippen LogP contribution is -2.56. The van der Waals surface area contributed by atoms with E-state index in [2.05, 4.69) is 65.2 Å². The maximum absolute atomic E-state index is 13.5. The summed E-state index contributed by atoms with van der Waals surface area (Å²) in [5.74, 6) is 0.270. The summed E-state index contributed by atoms with van der Waals surface area (Å²) >= 11 is 0. The summed E-state index contributed by atoms with van der Waals surface area (Å²) in [6.07, 6.45) is 1.03. The van der Waals surface area contributed by atoms with Crippen molar-refractivity contribution >= 4 is 5.91 Å².